The zero-order chi connectivity index (χ0) is 20.9. The Hall–Kier alpha value is -2.90. The van der Waals surface area contributed by atoms with Crippen LogP contribution in [0.5, 0.6) is 0 Å². The molecule has 0 bridgehead atoms. The molecule has 2 heterocycles. The average Bonchev–Trinajstić information content (AvgIpc) is 3.33. The summed E-state index contributed by atoms with van der Waals surface area (Å²) in [6.07, 6.45) is -4.25. The van der Waals surface area contributed by atoms with E-state index >= 15 is 0 Å². The molecular weight excluding hydrogens is 421 g/mol. The Kier molecular flexibility index (Phi) is 6.51. The molecule has 0 aliphatic rings. The number of nitrogens with zero attached hydrogens (tertiary/aromatic N) is 2. The lowest BCUT2D eigenvalue weighted by atomic mass is 10.1. The zero-order valence-electron chi connectivity index (χ0n) is 14.9. The van der Waals surface area contributed by atoms with Crippen molar-refractivity contribution in [2.24, 2.45) is 0 Å². The first-order chi connectivity index (χ1) is 13.8. The molecule has 0 unspecified atom stereocenters. The van der Waals surface area contributed by atoms with Gasteiger partial charge in [0.25, 0.3) is 0 Å². The van der Waals surface area contributed by atoms with E-state index < -0.39 is 11.7 Å². The molecule has 0 fully saturated rings. The molecule has 0 aliphatic carbocycles. The lowest BCUT2D eigenvalue weighted by Crippen LogP contribution is -2.24. The number of nitrogens with one attached hydrogen (secondary N) is 2. The maximum Gasteiger partial charge on any atom is 0.416 e. The predicted molar refractivity (Wildman–Crippen MR) is 107 cm³/mol. The van der Waals surface area contributed by atoms with Crippen LogP contribution in [0.15, 0.2) is 41.8 Å². The number of hydrogen-bond acceptors (Lipinski definition) is 4. The molecular formula is C19H15F3N4OS2. The molecule has 150 valence electrons. The zero-order valence-corrected chi connectivity index (χ0v) is 16.5. The first-order valence-electron chi connectivity index (χ1n) is 8.46. The number of halogens is 3. The van der Waals surface area contributed by atoms with Crippen LogP contribution in [0.4, 0.5) is 13.2 Å². The SMILES string of the molecule is O=C(CCn1c(-c2cccs2)n[nH]c1=S)NCC#Cc1cccc(C(F)(F)F)c1. The molecule has 29 heavy (non-hydrogen) atoms. The highest BCUT2D eigenvalue weighted by Crippen LogP contribution is 2.29. The van der Waals surface area contributed by atoms with Crippen molar-refractivity contribution in [1.82, 2.24) is 20.1 Å². The summed E-state index contributed by atoms with van der Waals surface area (Å²) in [5.41, 5.74) is -0.522. The van der Waals surface area contributed by atoms with E-state index in [0.717, 1.165) is 17.0 Å². The number of alkyl halides is 3. The van der Waals surface area contributed by atoms with Crippen LogP contribution in [-0.4, -0.2) is 27.2 Å². The number of amides is 1. The monoisotopic (exact) mass is 436 g/mol. The van der Waals surface area contributed by atoms with Gasteiger partial charge in [-0.25, -0.2) is 0 Å². The van der Waals surface area contributed by atoms with Gasteiger partial charge in [-0.3, -0.25) is 14.5 Å². The topological polar surface area (TPSA) is 62.7 Å². The third kappa shape index (κ3) is 5.56. The molecule has 0 saturated heterocycles. The maximum atomic E-state index is 12.7. The first kappa shape index (κ1) is 20.8. The molecule has 2 aromatic heterocycles. The summed E-state index contributed by atoms with van der Waals surface area (Å²) >= 11 is 6.73. The van der Waals surface area contributed by atoms with E-state index in [4.69, 9.17) is 12.2 Å². The fraction of sp³-hybridized carbons (Fsp3) is 0.211. The summed E-state index contributed by atoms with van der Waals surface area (Å²) in [4.78, 5) is 13.0. The second-order valence-corrected chi connectivity index (χ2v) is 7.22. The van der Waals surface area contributed by atoms with E-state index in [-0.39, 0.29) is 24.4 Å². The van der Waals surface area contributed by atoms with Crippen LogP contribution < -0.4 is 5.32 Å². The summed E-state index contributed by atoms with van der Waals surface area (Å²) in [7, 11) is 0. The van der Waals surface area contributed by atoms with Crippen molar-refractivity contribution in [3.63, 3.8) is 0 Å². The van der Waals surface area contributed by atoms with Gasteiger partial charge in [0.1, 0.15) is 0 Å². The predicted octanol–water partition coefficient (Wildman–Crippen LogP) is 4.25. The van der Waals surface area contributed by atoms with Crippen molar-refractivity contribution in [3.8, 4) is 22.5 Å². The fourth-order valence-corrected chi connectivity index (χ4v) is 3.43. The summed E-state index contributed by atoms with van der Waals surface area (Å²) in [6.45, 7) is 0.374. The van der Waals surface area contributed by atoms with Gasteiger partial charge >= 0.3 is 6.18 Å². The highest BCUT2D eigenvalue weighted by molar-refractivity contribution is 7.71. The molecule has 5 nitrogen and oxygen atoms in total. The lowest BCUT2D eigenvalue weighted by Gasteiger charge is -2.06. The van der Waals surface area contributed by atoms with Gasteiger partial charge in [-0.2, -0.15) is 18.3 Å². The first-order valence-corrected chi connectivity index (χ1v) is 9.75. The van der Waals surface area contributed by atoms with Crippen molar-refractivity contribution in [3.05, 3.63) is 57.7 Å². The van der Waals surface area contributed by atoms with Gasteiger partial charge in [-0.1, -0.05) is 24.0 Å². The molecule has 0 aliphatic heterocycles. The molecule has 10 heteroatoms. The average molecular weight is 436 g/mol. The Bertz CT molecular complexity index is 1100. The van der Waals surface area contributed by atoms with E-state index in [2.05, 4.69) is 27.4 Å². The number of H-pyrrole nitrogens is 1. The van der Waals surface area contributed by atoms with Gasteiger partial charge in [0.2, 0.25) is 5.91 Å². The molecule has 2 N–H and O–H groups in total. The van der Waals surface area contributed by atoms with Crippen molar-refractivity contribution in [1.29, 1.82) is 0 Å². The number of aromatic nitrogens is 3. The van der Waals surface area contributed by atoms with Gasteiger partial charge in [0, 0.05) is 18.5 Å². The van der Waals surface area contributed by atoms with E-state index in [9.17, 15) is 18.0 Å². The molecule has 3 rings (SSSR count). The molecule has 0 spiro atoms. The summed E-state index contributed by atoms with van der Waals surface area (Å²) in [5, 5.41) is 11.5. The van der Waals surface area contributed by atoms with Crippen LogP contribution in [0.3, 0.4) is 0 Å². The van der Waals surface area contributed by atoms with Crippen molar-refractivity contribution >= 4 is 29.5 Å². The number of hydrogen-bond donors (Lipinski definition) is 2. The third-order valence-corrected chi connectivity index (χ3v) is 5.04. The van der Waals surface area contributed by atoms with Crippen molar-refractivity contribution < 1.29 is 18.0 Å². The fourth-order valence-electron chi connectivity index (χ4n) is 2.48. The summed E-state index contributed by atoms with van der Waals surface area (Å²) in [6, 6.07) is 8.55. The molecule has 0 atom stereocenters. The van der Waals surface area contributed by atoms with E-state index in [1.165, 1.54) is 23.5 Å². The Labute approximate surface area is 173 Å². The molecule has 0 radical (unpaired) electrons. The van der Waals surface area contributed by atoms with Crippen LogP contribution in [0.25, 0.3) is 10.7 Å². The number of aromatic amines is 1. The number of thiophene rings is 1. The van der Waals surface area contributed by atoms with Crippen LogP contribution in [0.1, 0.15) is 17.5 Å². The Morgan fingerprint density at radius 1 is 1.31 bits per heavy atom. The Morgan fingerprint density at radius 2 is 2.14 bits per heavy atom. The number of carbonyl (C=O) groups excluding carboxylic acids is 1. The minimum atomic E-state index is -4.41. The minimum Gasteiger partial charge on any atom is -0.345 e. The smallest absolute Gasteiger partial charge is 0.345 e. The summed E-state index contributed by atoms with van der Waals surface area (Å²) in [5.74, 6) is 5.70. The number of benzene rings is 1. The van der Waals surface area contributed by atoms with E-state index in [1.807, 2.05) is 17.5 Å². The van der Waals surface area contributed by atoms with Crippen molar-refractivity contribution in [2.75, 3.05) is 6.54 Å². The molecule has 1 amide bonds. The molecule has 1 aromatic carbocycles. The van der Waals surface area contributed by atoms with Gasteiger partial charge in [-0.05, 0) is 41.9 Å². The third-order valence-electron chi connectivity index (χ3n) is 3.86. The normalized spacial score (nSPS) is 11.0. The highest BCUT2D eigenvalue weighted by Gasteiger charge is 2.30. The second kappa shape index (κ2) is 9.07. The quantitative estimate of drug-likeness (QED) is 0.464. The van der Waals surface area contributed by atoms with Crippen LogP contribution in [-0.2, 0) is 17.5 Å². The lowest BCUT2D eigenvalue weighted by molar-refractivity contribution is -0.137. The van der Waals surface area contributed by atoms with Crippen LogP contribution in [0, 0.1) is 16.6 Å². The van der Waals surface area contributed by atoms with Gasteiger partial charge in [0.05, 0.1) is 17.0 Å². The molecule has 3 aromatic rings. The van der Waals surface area contributed by atoms with E-state index in [0.29, 0.717) is 17.1 Å². The van der Waals surface area contributed by atoms with Gasteiger partial charge in [0.15, 0.2) is 10.6 Å². The highest BCUT2D eigenvalue weighted by atomic mass is 32.1. The van der Waals surface area contributed by atoms with Gasteiger partial charge < -0.3 is 5.32 Å². The van der Waals surface area contributed by atoms with Crippen LogP contribution in [0.2, 0.25) is 0 Å². The Balaban J connectivity index is 1.53. The minimum absolute atomic E-state index is 0.0314. The number of carbonyl (C=O) groups is 1. The largest absolute Gasteiger partial charge is 0.416 e. The van der Waals surface area contributed by atoms with Gasteiger partial charge in [-0.15, -0.1) is 11.3 Å². The molecule has 0 saturated carbocycles. The van der Waals surface area contributed by atoms with E-state index in [1.54, 1.807) is 4.57 Å². The maximum absolute atomic E-state index is 12.7. The Morgan fingerprint density at radius 3 is 2.86 bits per heavy atom. The second-order valence-electron chi connectivity index (χ2n) is 5.89. The standard InChI is InChI=1S/C19H15F3N4OS2/c20-19(21,22)14-6-1-4-13(12-14)5-2-9-23-16(27)8-10-26-17(24-25-18(26)28)15-7-3-11-29-15/h1,3-4,6-7,11-12H,8-10H2,(H,23,27)(H,25,28). The summed E-state index contributed by atoms with van der Waals surface area (Å²) < 4.78 is 40.2. The number of rotatable bonds is 5. The van der Waals surface area contributed by atoms with Crippen molar-refractivity contribution in [2.45, 2.75) is 19.1 Å². The van der Waals surface area contributed by atoms with Crippen LogP contribution >= 0.6 is 23.6 Å².